The van der Waals surface area contributed by atoms with Crippen LogP contribution >= 0.6 is 11.6 Å². The third-order valence-corrected chi connectivity index (χ3v) is 5.72. The molecule has 1 saturated heterocycles. The number of hydrogen-bond donors (Lipinski definition) is 1. The van der Waals surface area contributed by atoms with Gasteiger partial charge in [-0.2, -0.15) is 0 Å². The lowest BCUT2D eigenvalue weighted by atomic mass is 9.95. The molecule has 0 radical (unpaired) electrons. The number of ether oxygens (including phenoxy) is 1. The maximum absolute atomic E-state index is 15.7. The van der Waals surface area contributed by atoms with E-state index in [-0.39, 0.29) is 33.7 Å². The summed E-state index contributed by atoms with van der Waals surface area (Å²) in [6.45, 7) is 5.50. The summed E-state index contributed by atoms with van der Waals surface area (Å²) < 4.78 is 21.7. The first kappa shape index (κ1) is 19.1. The molecule has 0 aliphatic carbocycles. The zero-order chi connectivity index (χ0) is 19.8. The first-order valence-electron chi connectivity index (χ1n) is 9.31. The molecule has 0 amide bonds. The molecule has 2 aromatic carbocycles. The Balaban J connectivity index is 1.88. The quantitative estimate of drug-likeness (QED) is 0.740. The smallest absolute Gasteiger partial charge is 0.174 e. The Bertz CT molecular complexity index is 962. The Hall–Kier alpha value is -2.26. The average Bonchev–Trinajstić information content (AvgIpc) is 2.83. The third kappa shape index (κ3) is 3.33. The molecular formula is C22H22ClFN2O2. The van der Waals surface area contributed by atoms with E-state index in [1.807, 2.05) is 6.07 Å². The highest BCUT2D eigenvalue weighted by Crippen LogP contribution is 2.43. The van der Waals surface area contributed by atoms with E-state index in [1.54, 1.807) is 19.1 Å². The molecule has 0 aromatic heterocycles. The van der Waals surface area contributed by atoms with E-state index < -0.39 is 5.82 Å². The fourth-order valence-corrected chi connectivity index (χ4v) is 4.27. The maximum Gasteiger partial charge on any atom is 0.174 e. The molecule has 0 saturated carbocycles. The molecule has 1 unspecified atom stereocenters. The second kappa shape index (κ2) is 7.63. The van der Waals surface area contributed by atoms with Crippen LogP contribution in [-0.2, 0) is 6.54 Å². The molecule has 4 nitrogen and oxygen atoms in total. The molecule has 2 aromatic rings. The lowest BCUT2D eigenvalue weighted by molar-refractivity contribution is 0.0629. The highest BCUT2D eigenvalue weighted by Gasteiger charge is 2.32. The Morgan fingerprint density at radius 3 is 2.86 bits per heavy atom. The van der Waals surface area contributed by atoms with Crippen molar-refractivity contribution in [1.82, 2.24) is 9.80 Å². The molecular weight excluding hydrogens is 379 g/mol. The largest absolute Gasteiger partial charge is 0.507 e. The zero-order valence-electron chi connectivity index (χ0n) is 15.9. The van der Waals surface area contributed by atoms with Gasteiger partial charge in [-0.05, 0) is 32.2 Å². The number of phenols is 1. The molecule has 1 N–H and O–H groups in total. The van der Waals surface area contributed by atoms with Crippen LogP contribution in [-0.4, -0.2) is 54.2 Å². The van der Waals surface area contributed by atoms with Crippen molar-refractivity contribution in [2.75, 3.05) is 33.3 Å². The number of rotatable bonds is 1. The van der Waals surface area contributed by atoms with Gasteiger partial charge in [-0.3, -0.25) is 4.90 Å². The average molecular weight is 401 g/mol. The number of benzene rings is 2. The molecule has 2 aliphatic rings. The van der Waals surface area contributed by atoms with Crippen molar-refractivity contribution < 1.29 is 14.2 Å². The van der Waals surface area contributed by atoms with Crippen LogP contribution in [0.25, 0.3) is 11.1 Å². The monoisotopic (exact) mass is 400 g/mol. The van der Waals surface area contributed by atoms with Gasteiger partial charge < -0.3 is 14.7 Å². The van der Waals surface area contributed by atoms with E-state index in [0.29, 0.717) is 18.7 Å². The third-order valence-electron chi connectivity index (χ3n) is 5.40. The number of hydrogen-bond acceptors (Lipinski definition) is 4. The van der Waals surface area contributed by atoms with Gasteiger partial charge in [0.05, 0.1) is 11.1 Å². The Labute approximate surface area is 169 Å². The number of halogens is 2. The second-order valence-electron chi connectivity index (χ2n) is 7.31. The molecule has 1 atom stereocenters. The van der Waals surface area contributed by atoms with Gasteiger partial charge in [-0.1, -0.05) is 23.6 Å². The summed E-state index contributed by atoms with van der Waals surface area (Å²) in [6.07, 6.45) is 0. The summed E-state index contributed by atoms with van der Waals surface area (Å²) in [7, 11) is 2.09. The molecule has 4 rings (SSSR count). The molecule has 0 bridgehead atoms. The van der Waals surface area contributed by atoms with E-state index in [0.717, 1.165) is 25.2 Å². The highest BCUT2D eigenvalue weighted by molar-refractivity contribution is 6.33. The normalized spacial score (nSPS) is 19.6. The van der Waals surface area contributed by atoms with Crippen LogP contribution in [0.4, 0.5) is 4.39 Å². The summed E-state index contributed by atoms with van der Waals surface area (Å²) >= 11 is 6.31. The lowest BCUT2D eigenvalue weighted by Crippen LogP contribution is -2.52. The van der Waals surface area contributed by atoms with Crippen LogP contribution in [0.5, 0.6) is 11.5 Å². The Kier molecular flexibility index (Phi) is 5.20. The zero-order valence-corrected chi connectivity index (χ0v) is 16.7. The summed E-state index contributed by atoms with van der Waals surface area (Å²) in [5.41, 5.74) is 1.71. The van der Waals surface area contributed by atoms with Gasteiger partial charge in [0.25, 0.3) is 0 Å². The summed E-state index contributed by atoms with van der Waals surface area (Å²) in [6, 6.07) is 6.82. The van der Waals surface area contributed by atoms with Crippen molar-refractivity contribution >= 4 is 11.6 Å². The van der Waals surface area contributed by atoms with Crippen molar-refractivity contribution in [2.45, 2.75) is 19.5 Å². The molecule has 28 heavy (non-hydrogen) atoms. The highest BCUT2D eigenvalue weighted by atomic mass is 35.5. The van der Waals surface area contributed by atoms with Gasteiger partial charge >= 0.3 is 0 Å². The van der Waals surface area contributed by atoms with Crippen LogP contribution in [0.15, 0.2) is 24.3 Å². The minimum absolute atomic E-state index is 0.0850. The van der Waals surface area contributed by atoms with Gasteiger partial charge in [0.15, 0.2) is 11.6 Å². The van der Waals surface area contributed by atoms with Crippen LogP contribution < -0.4 is 4.74 Å². The molecule has 1 fully saturated rings. The Morgan fingerprint density at radius 2 is 2.11 bits per heavy atom. The van der Waals surface area contributed by atoms with E-state index in [1.165, 1.54) is 6.07 Å². The Morgan fingerprint density at radius 1 is 1.29 bits per heavy atom. The van der Waals surface area contributed by atoms with Gasteiger partial charge in [-0.15, -0.1) is 5.92 Å². The van der Waals surface area contributed by atoms with E-state index >= 15 is 4.39 Å². The number of piperazine rings is 1. The van der Waals surface area contributed by atoms with Crippen LogP contribution in [0.1, 0.15) is 18.1 Å². The summed E-state index contributed by atoms with van der Waals surface area (Å²) in [4.78, 5) is 4.60. The van der Waals surface area contributed by atoms with Crippen LogP contribution in [0.3, 0.4) is 0 Å². The maximum atomic E-state index is 15.7. The number of fused-ring (bicyclic) bond motifs is 2. The second-order valence-corrected chi connectivity index (χ2v) is 7.72. The first-order chi connectivity index (χ1) is 13.5. The van der Waals surface area contributed by atoms with Gasteiger partial charge in [-0.25, -0.2) is 4.39 Å². The predicted octanol–water partition coefficient (Wildman–Crippen LogP) is 3.73. The van der Waals surface area contributed by atoms with Crippen molar-refractivity contribution in [2.24, 2.45) is 0 Å². The minimum atomic E-state index is -0.521. The van der Waals surface area contributed by atoms with Crippen molar-refractivity contribution in [3.63, 3.8) is 0 Å². The molecule has 2 aliphatic heterocycles. The molecule has 146 valence electrons. The standard InChI is InChI=1S/C22H22ClFN2O2/c1-3-5-14-10-15-11-26-9-8-25(2)12-16(26)13-28-22(15)21(24)19(14)20-17(23)6-4-7-18(20)27/h4,6-7,10,16,27H,8-9,11-13H2,1-2H3. The molecule has 2 heterocycles. The number of likely N-dealkylation sites (N-methyl/N-ethyl adjacent to an activating group) is 1. The summed E-state index contributed by atoms with van der Waals surface area (Å²) in [5.74, 6) is 5.44. The van der Waals surface area contributed by atoms with Gasteiger partial charge in [0.2, 0.25) is 0 Å². The van der Waals surface area contributed by atoms with Gasteiger partial charge in [0, 0.05) is 48.4 Å². The van der Waals surface area contributed by atoms with E-state index in [2.05, 4.69) is 28.7 Å². The molecule has 6 heteroatoms. The van der Waals surface area contributed by atoms with Crippen LogP contribution in [0.2, 0.25) is 5.02 Å². The van der Waals surface area contributed by atoms with Crippen molar-refractivity contribution in [3.05, 3.63) is 46.2 Å². The number of nitrogens with zero attached hydrogens (tertiary/aromatic N) is 2. The SMILES string of the molecule is CC#Cc1cc2c(c(F)c1-c1c(O)cccc1Cl)OCC1CN(C)CCN1C2. The number of phenolic OH excluding ortho intramolecular Hbond substituents is 1. The van der Waals surface area contributed by atoms with Crippen LogP contribution in [0, 0.1) is 17.7 Å². The topological polar surface area (TPSA) is 35.9 Å². The number of aromatic hydroxyl groups is 1. The fourth-order valence-electron chi connectivity index (χ4n) is 4.01. The summed E-state index contributed by atoms with van der Waals surface area (Å²) in [5, 5.41) is 10.6. The predicted molar refractivity (Wildman–Crippen MR) is 108 cm³/mol. The molecule has 0 spiro atoms. The van der Waals surface area contributed by atoms with E-state index in [9.17, 15) is 5.11 Å². The first-order valence-corrected chi connectivity index (χ1v) is 9.68. The fraction of sp³-hybridized carbons (Fsp3) is 0.364. The van der Waals surface area contributed by atoms with Crippen molar-refractivity contribution in [3.8, 4) is 34.5 Å². The lowest BCUT2D eigenvalue weighted by Gasteiger charge is -2.38. The van der Waals surface area contributed by atoms with E-state index in [4.69, 9.17) is 16.3 Å². The van der Waals surface area contributed by atoms with Crippen molar-refractivity contribution in [1.29, 1.82) is 0 Å². The minimum Gasteiger partial charge on any atom is -0.507 e. The van der Waals surface area contributed by atoms with Gasteiger partial charge in [0.1, 0.15) is 12.4 Å².